The summed E-state index contributed by atoms with van der Waals surface area (Å²) in [7, 11) is 0. The predicted molar refractivity (Wildman–Crippen MR) is 87.8 cm³/mol. The molecule has 0 radical (unpaired) electrons. The standard InChI is InChI=1S/C15H13BrCl2N2/c16-14-7-13(8-19-15(14)18)20-12-5-10(6-12)9-1-3-11(17)4-2-9/h1-4,7-8,10,12,20H,5-6H2. The minimum atomic E-state index is 0.489. The van der Waals surface area contributed by atoms with Crippen molar-refractivity contribution in [1.82, 2.24) is 4.98 Å². The number of hydrogen-bond acceptors (Lipinski definition) is 2. The summed E-state index contributed by atoms with van der Waals surface area (Å²) < 4.78 is 0.817. The Bertz CT molecular complexity index is 610. The van der Waals surface area contributed by atoms with Crippen LogP contribution in [0, 0.1) is 0 Å². The van der Waals surface area contributed by atoms with Crippen molar-refractivity contribution in [2.24, 2.45) is 0 Å². The lowest BCUT2D eigenvalue weighted by Gasteiger charge is -2.36. The molecule has 1 aromatic heterocycles. The second kappa shape index (κ2) is 5.92. The number of anilines is 1. The average Bonchev–Trinajstić information content (AvgIpc) is 2.39. The van der Waals surface area contributed by atoms with Gasteiger partial charge in [-0.15, -0.1) is 0 Å². The van der Waals surface area contributed by atoms with Crippen LogP contribution in [0.2, 0.25) is 10.2 Å². The van der Waals surface area contributed by atoms with Gasteiger partial charge in [-0.3, -0.25) is 0 Å². The fraction of sp³-hybridized carbons (Fsp3) is 0.267. The van der Waals surface area contributed by atoms with E-state index >= 15 is 0 Å². The Morgan fingerprint density at radius 2 is 1.85 bits per heavy atom. The first-order chi connectivity index (χ1) is 9.61. The molecule has 2 aromatic rings. The van der Waals surface area contributed by atoms with Gasteiger partial charge in [0.15, 0.2) is 0 Å². The fourth-order valence-corrected chi connectivity index (χ4v) is 3.06. The van der Waals surface area contributed by atoms with Gasteiger partial charge in [-0.05, 0) is 58.5 Å². The molecule has 0 spiro atoms. The van der Waals surface area contributed by atoms with Gasteiger partial charge in [0.05, 0.1) is 16.4 Å². The first kappa shape index (κ1) is 14.2. The number of rotatable bonds is 3. The van der Waals surface area contributed by atoms with Gasteiger partial charge in [0, 0.05) is 11.1 Å². The minimum Gasteiger partial charge on any atom is -0.381 e. The van der Waals surface area contributed by atoms with Crippen molar-refractivity contribution in [3.63, 3.8) is 0 Å². The summed E-state index contributed by atoms with van der Waals surface area (Å²) >= 11 is 15.2. The highest BCUT2D eigenvalue weighted by atomic mass is 79.9. The van der Waals surface area contributed by atoms with E-state index in [1.807, 2.05) is 18.2 Å². The SMILES string of the molecule is Clc1ccc(C2CC(Nc3cnc(Cl)c(Br)c3)C2)cc1. The number of nitrogens with zero attached hydrogens (tertiary/aromatic N) is 1. The van der Waals surface area contributed by atoms with E-state index in [4.69, 9.17) is 23.2 Å². The summed E-state index contributed by atoms with van der Waals surface area (Å²) in [4.78, 5) is 4.12. The van der Waals surface area contributed by atoms with Crippen LogP contribution in [0.4, 0.5) is 5.69 Å². The van der Waals surface area contributed by atoms with E-state index in [0.717, 1.165) is 28.0 Å². The first-order valence-corrected chi connectivity index (χ1v) is 8.00. The number of aromatic nitrogens is 1. The zero-order chi connectivity index (χ0) is 14.1. The molecule has 104 valence electrons. The summed E-state index contributed by atoms with van der Waals surface area (Å²) in [5.74, 6) is 0.619. The average molecular weight is 372 g/mol. The zero-order valence-corrected chi connectivity index (χ0v) is 13.7. The maximum absolute atomic E-state index is 5.91. The van der Waals surface area contributed by atoms with Gasteiger partial charge in [-0.2, -0.15) is 0 Å². The van der Waals surface area contributed by atoms with Crippen LogP contribution in [0.15, 0.2) is 41.0 Å². The molecule has 0 bridgehead atoms. The van der Waals surface area contributed by atoms with Gasteiger partial charge in [0.25, 0.3) is 0 Å². The summed E-state index contributed by atoms with van der Waals surface area (Å²) in [6, 6.07) is 10.6. The Morgan fingerprint density at radius 1 is 1.15 bits per heavy atom. The molecule has 1 saturated carbocycles. The Labute approximate surface area is 136 Å². The second-order valence-corrected chi connectivity index (χ2v) is 6.71. The molecule has 0 atom stereocenters. The highest BCUT2D eigenvalue weighted by Gasteiger charge is 2.30. The first-order valence-electron chi connectivity index (χ1n) is 6.45. The third kappa shape index (κ3) is 3.11. The zero-order valence-electron chi connectivity index (χ0n) is 10.6. The van der Waals surface area contributed by atoms with Crippen LogP contribution >= 0.6 is 39.1 Å². The van der Waals surface area contributed by atoms with Crippen molar-refractivity contribution in [3.05, 3.63) is 56.7 Å². The van der Waals surface area contributed by atoms with Crippen LogP contribution in [0.3, 0.4) is 0 Å². The van der Waals surface area contributed by atoms with Gasteiger partial charge in [-0.1, -0.05) is 35.3 Å². The second-order valence-electron chi connectivity index (χ2n) is 5.06. The van der Waals surface area contributed by atoms with Crippen molar-refractivity contribution in [1.29, 1.82) is 0 Å². The maximum Gasteiger partial charge on any atom is 0.143 e. The van der Waals surface area contributed by atoms with Gasteiger partial charge in [0.2, 0.25) is 0 Å². The van der Waals surface area contributed by atoms with Crippen molar-refractivity contribution >= 4 is 44.8 Å². The normalized spacial score (nSPS) is 21.4. The van der Waals surface area contributed by atoms with Gasteiger partial charge < -0.3 is 5.32 Å². The molecule has 0 aliphatic heterocycles. The number of hydrogen-bond donors (Lipinski definition) is 1. The molecule has 0 amide bonds. The molecule has 1 N–H and O–H groups in total. The number of nitrogens with one attached hydrogen (secondary N) is 1. The van der Waals surface area contributed by atoms with E-state index in [1.165, 1.54) is 5.56 Å². The largest absolute Gasteiger partial charge is 0.381 e. The number of benzene rings is 1. The lowest BCUT2D eigenvalue weighted by Crippen LogP contribution is -2.34. The monoisotopic (exact) mass is 370 g/mol. The van der Waals surface area contributed by atoms with Crippen LogP contribution in [-0.4, -0.2) is 11.0 Å². The lowest BCUT2D eigenvalue weighted by atomic mass is 9.76. The Balaban J connectivity index is 1.58. The minimum absolute atomic E-state index is 0.489. The Hall–Kier alpha value is -0.770. The molecule has 1 fully saturated rings. The van der Waals surface area contributed by atoms with E-state index in [9.17, 15) is 0 Å². The number of pyridine rings is 1. The molecule has 0 saturated heterocycles. The molecular weight excluding hydrogens is 359 g/mol. The van der Waals surface area contributed by atoms with Crippen LogP contribution in [0.25, 0.3) is 0 Å². The molecule has 20 heavy (non-hydrogen) atoms. The lowest BCUT2D eigenvalue weighted by molar-refractivity contribution is 0.374. The van der Waals surface area contributed by atoms with Crippen molar-refractivity contribution < 1.29 is 0 Å². The molecule has 1 aliphatic rings. The van der Waals surface area contributed by atoms with Crippen molar-refractivity contribution in [2.75, 3.05) is 5.32 Å². The third-order valence-electron chi connectivity index (χ3n) is 3.65. The molecule has 3 rings (SSSR count). The molecule has 1 aliphatic carbocycles. The van der Waals surface area contributed by atoms with Gasteiger partial charge in [-0.25, -0.2) is 4.98 Å². The Morgan fingerprint density at radius 3 is 2.50 bits per heavy atom. The molecular formula is C15H13BrCl2N2. The van der Waals surface area contributed by atoms with Crippen molar-refractivity contribution in [3.8, 4) is 0 Å². The smallest absolute Gasteiger partial charge is 0.143 e. The number of halogens is 3. The van der Waals surface area contributed by atoms with Crippen LogP contribution in [0.1, 0.15) is 24.3 Å². The fourth-order valence-electron chi connectivity index (χ4n) is 2.48. The topological polar surface area (TPSA) is 24.9 Å². The summed E-state index contributed by atoms with van der Waals surface area (Å²) in [5.41, 5.74) is 2.36. The van der Waals surface area contributed by atoms with Gasteiger partial charge in [0.1, 0.15) is 5.15 Å². The highest BCUT2D eigenvalue weighted by Crippen LogP contribution is 2.39. The molecule has 1 heterocycles. The van der Waals surface area contributed by atoms with Gasteiger partial charge >= 0.3 is 0 Å². The quantitative estimate of drug-likeness (QED) is 0.719. The Kier molecular flexibility index (Phi) is 4.20. The van der Waals surface area contributed by atoms with Crippen LogP contribution < -0.4 is 5.32 Å². The predicted octanol–water partition coefficient (Wildman–Crippen LogP) is 5.51. The van der Waals surface area contributed by atoms with E-state index < -0.39 is 0 Å². The molecule has 2 nitrogen and oxygen atoms in total. The van der Waals surface area contributed by atoms with Crippen LogP contribution in [0.5, 0.6) is 0 Å². The van der Waals surface area contributed by atoms with E-state index in [1.54, 1.807) is 6.20 Å². The summed E-state index contributed by atoms with van der Waals surface area (Å²) in [6.45, 7) is 0. The summed E-state index contributed by atoms with van der Waals surface area (Å²) in [6.07, 6.45) is 4.02. The van der Waals surface area contributed by atoms with E-state index in [2.05, 4.69) is 38.4 Å². The highest BCUT2D eigenvalue weighted by molar-refractivity contribution is 9.10. The van der Waals surface area contributed by atoms with Crippen molar-refractivity contribution in [2.45, 2.75) is 24.8 Å². The van der Waals surface area contributed by atoms with E-state index in [0.29, 0.717) is 17.1 Å². The van der Waals surface area contributed by atoms with E-state index in [-0.39, 0.29) is 0 Å². The molecule has 0 unspecified atom stereocenters. The van der Waals surface area contributed by atoms with Crippen LogP contribution in [-0.2, 0) is 0 Å². The molecule has 5 heteroatoms. The third-order valence-corrected chi connectivity index (χ3v) is 5.03. The summed E-state index contributed by atoms with van der Waals surface area (Å²) in [5, 5.41) is 4.76. The maximum atomic E-state index is 5.91. The molecule has 1 aromatic carbocycles.